The van der Waals surface area contributed by atoms with Gasteiger partial charge in [-0.15, -0.1) is 11.3 Å². The third-order valence-electron chi connectivity index (χ3n) is 7.45. The SMILES string of the molecule is CC(CC(=O)N1C2C[C]3CC(C2)CC1C3)c1c[nH]c2cccc(-c3cccs3)c12. The van der Waals surface area contributed by atoms with E-state index in [0.29, 0.717) is 24.4 Å². The molecule has 7 rings (SSSR count). The molecule has 1 radical (unpaired) electrons. The Labute approximate surface area is 176 Å². The van der Waals surface area contributed by atoms with E-state index in [1.54, 1.807) is 17.3 Å². The first kappa shape index (κ1) is 17.8. The summed E-state index contributed by atoms with van der Waals surface area (Å²) >= 11 is 1.78. The van der Waals surface area contributed by atoms with E-state index >= 15 is 0 Å². The van der Waals surface area contributed by atoms with Crippen molar-refractivity contribution in [3.63, 3.8) is 0 Å². The molecule has 2 aliphatic carbocycles. The normalized spacial score (nSPS) is 27.1. The van der Waals surface area contributed by atoms with Gasteiger partial charge in [-0.2, -0.15) is 0 Å². The highest BCUT2D eigenvalue weighted by Gasteiger charge is 2.48. The lowest BCUT2D eigenvalue weighted by Gasteiger charge is -2.56. The number of thiophene rings is 1. The second-order valence-corrected chi connectivity index (χ2v) is 10.3. The predicted molar refractivity (Wildman–Crippen MR) is 119 cm³/mol. The summed E-state index contributed by atoms with van der Waals surface area (Å²) in [5.74, 6) is 3.17. The van der Waals surface area contributed by atoms with Gasteiger partial charge in [0, 0.05) is 46.0 Å². The van der Waals surface area contributed by atoms with Crippen LogP contribution in [0.4, 0.5) is 0 Å². The fourth-order valence-electron chi connectivity index (χ4n) is 6.37. The van der Waals surface area contributed by atoms with Crippen LogP contribution in [0.5, 0.6) is 0 Å². The lowest BCUT2D eigenvalue weighted by molar-refractivity contribution is -0.144. The summed E-state index contributed by atoms with van der Waals surface area (Å²) in [5.41, 5.74) is 3.72. The number of aromatic nitrogens is 1. The van der Waals surface area contributed by atoms with Crippen LogP contribution in [0.2, 0.25) is 0 Å². The number of nitrogens with one attached hydrogen (secondary N) is 1. The molecule has 1 N–H and O–H groups in total. The Morgan fingerprint density at radius 2 is 2.00 bits per heavy atom. The highest BCUT2D eigenvalue weighted by molar-refractivity contribution is 7.13. The first-order valence-electron chi connectivity index (χ1n) is 11.0. The first-order valence-corrected chi connectivity index (χ1v) is 11.8. The summed E-state index contributed by atoms with van der Waals surface area (Å²) in [6.45, 7) is 2.22. The van der Waals surface area contributed by atoms with Gasteiger partial charge in [-0.1, -0.05) is 25.1 Å². The van der Waals surface area contributed by atoms with E-state index < -0.39 is 0 Å². The van der Waals surface area contributed by atoms with Gasteiger partial charge < -0.3 is 9.88 Å². The van der Waals surface area contributed by atoms with Gasteiger partial charge in [0.25, 0.3) is 0 Å². The second-order valence-electron chi connectivity index (χ2n) is 9.36. The molecule has 4 fully saturated rings. The Morgan fingerprint density at radius 3 is 2.72 bits per heavy atom. The van der Waals surface area contributed by atoms with Crippen LogP contribution in [-0.2, 0) is 4.79 Å². The highest BCUT2D eigenvalue weighted by Crippen LogP contribution is 2.50. The Balaban J connectivity index is 1.29. The molecular weight excluding hydrogens is 376 g/mol. The van der Waals surface area contributed by atoms with Gasteiger partial charge in [-0.25, -0.2) is 0 Å². The molecule has 4 aliphatic rings. The molecule has 2 aliphatic heterocycles. The number of rotatable bonds is 4. The molecule has 2 saturated heterocycles. The van der Waals surface area contributed by atoms with E-state index in [9.17, 15) is 4.79 Å². The number of hydrogen-bond acceptors (Lipinski definition) is 2. The van der Waals surface area contributed by atoms with E-state index in [4.69, 9.17) is 0 Å². The Bertz CT molecular complexity index is 1020. The highest BCUT2D eigenvalue weighted by atomic mass is 32.1. The van der Waals surface area contributed by atoms with Crippen molar-refractivity contribution in [3.8, 4) is 10.4 Å². The average molecular weight is 404 g/mol. The number of carbonyl (C=O) groups is 1. The minimum atomic E-state index is 0.210. The Morgan fingerprint density at radius 1 is 1.17 bits per heavy atom. The monoisotopic (exact) mass is 403 g/mol. The van der Waals surface area contributed by atoms with Crippen molar-refractivity contribution >= 4 is 28.1 Å². The standard InChI is InChI=1S/C25H27N2OS/c1-15(8-24(28)27-18-10-16-9-17(12-18)13-19(27)11-16)21-14-26-22-5-2-4-20(25(21)22)23-6-3-7-29-23/h2-7,14-16,18-19,26H,8-13H2,1H3. The van der Waals surface area contributed by atoms with E-state index in [0.717, 1.165) is 11.4 Å². The number of H-pyrrole nitrogens is 1. The van der Waals surface area contributed by atoms with Crippen LogP contribution in [0.15, 0.2) is 41.9 Å². The summed E-state index contributed by atoms with van der Waals surface area (Å²) in [6.07, 6.45) is 8.88. The van der Waals surface area contributed by atoms with E-state index in [1.807, 2.05) is 0 Å². The molecule has 4 heterocycles. The number of amides is 1. The first-order chi connectivity index (χ1) is 14.2. The molecule has 2 aromatic heterocycles. The van der Waals surface area contributed by atoms with Crippen LogP contribution in [0.3, 0.4) is 0 Å². The molecule has 4 bridgehead atoms. The smallest absolute Gasteiger partial charge is 0.223 e. The third kappa shape index (κ3) is 2.87. The summed E-state index contributed by atoms with van der Waals surface area (Å²) in [7, 11) is 0. The van der Waals surface area contributed by atoms with Crippen molar-refractivity contribution in [1.29, 1.82) is 0 Å². The summed E-state index contributed by atoms with van der Waals surface area (Å²) in [4.78, 5) is 20.4. The maximum Gasteiger partial charge on any atom is 0.223 e. The van der Waals surface area contributed by atoms with Crippen molar-refractivity contribution in [2.75, 3.05) is 0 Å². The van der Waals surface area contributed by atoms with Crippen LogP contribution in [0.1, 0.15) is 56.9 Å². The van der Waals surface area contributed by atoms with Crippen molar-refractivity contribution < 1.29 is 4.79 Å². The van der Waals surface area contributed by atoms with Gasteiger partial charge in [0.1, 0.15) is 0 Å². The van der Waals surface area contributed by atoms with Gasteiger partial charge in [0.05, 0.1) is 0 Å². The second kappa shape index (κ2) is 6.73. The molecule has 3 nitrogen and oxygen atoms in total. The molecular formula is C25H27N2OS. The van der Waals surface area contributed by atoms with E-state index in [1.165, 1.54) is 53.5 Å². The largest absolute Gasteiger partial charge is 0.361 e. The average Bonchev–Trinajstić information content (AvgIpc) is 3.37. The van der Waals surface area contributed by atoms with Crippen LogP contribution in [0.25, 0.3) is 21.3 Å². The molecule has 149 valence electrons. The predicted octanol–water partition coefficient (Wildman–Crippen LogP) is 6.14. The Hall–Kier alpha value is -2.07. The zero-order valence-electron chi connectivity index (χ0n) is 16.9. The summed E-state index contributed by atoms with van der Waals surface area (Å²) < 4.78 is 0. The van der Waals surface area contributed by atoms with Crippen LogP contribution >= 0.6 is 11.3 Å². The van der Waals surface area contributed by atoms with Crippen LogP contribution < -0.4 is 0 Å². The molecule has 1 amide bonds. The molecule has 29 heavy (non-hydrogen) atoms. The summed E-state index contributed by atoms with van der Waals surface area (Å²) in [5, 5.41) is 3.41. The molecule has 0 spiro atoms. The molecule has 1 aromatic carbocycles. The van der Waals surface area contributed by atoms with Gasteiger partial charge in [0.2, 0.25) is 5.91 Å². The van der Waals surface area contributed by atoms with Gasteiger partial charge in [0.15, 0.2) is 0 Å². The van der Waals surface area contributed by atoms with Gasteiger partial charge in [-0.05, 0) is 72.9 Å². The number of carbonyl (C=O) groups excluding carboxylic acids is 1. The number of nitrogens with zero attached hydrogens (tertiary/aromatic N) is 1. The fourth-order valence-corrected chi connectivity index (χ4v) is 7.13. The van der Waals surface area contributed by atoms with E-state index in [2.05, 4.69) is 58.7 Å². The molecule has 3 unspecified atom stereocenters. The van der Waals surface area contributed by atoms with Crippen molar-refractivity contribution in [2.24, 2.45) is 5.92 Å². The number of fused-ring (bicyclic) bond motifs is 1. The fraction of sp³-hybridized carbons (Fsp3) is 0.440. The molecule has 2 saturated carbocycles. The Kier molecular flexibility index (Phi) is 4.12. The van der Waals surface area contributed by atoms with Crippen molar-refractivity contribution in [2.45, 2.75) is 63.5 Å². The zero-order valence-corrected chi connectivity index (χ0v) is 17.7. The maximum absolute atomic E-state index is 13.4. The number of benzene rings is 1. The quantitative estimate of drug-likeness (QED) is 0.558. The minimum Gasteiger partial charge on any atom is -0.361 e. The lowest BCUT2D eigenvalue weighted by atomic mass is 9.63. The third-order valence-corrected chi connectivity index (χ3v) is 8.35. The maximum atomic E-state index is 13.4. The molecule has 3 atom stereocenters. The zero-order chi connectivity index (χ0) is 19.5. The topological polar surface area (TPSA) is 36.1 Å². The number of hydrogen-bond donors (Lipinski definition) is 1. The number of aromatic amines is 1. The molecule has 4 heteroatoms. The number of piperidine rings is 2. The minimum absolute atomic E-state index is 0.210. The summed E-state index contributed by atoms with van der Waals surface area (Å²) in [6, 6.07) is 11.7. The van der Waals surface area contributed by atoms with Crippen LogP contribution in [0, 0.1) is 11.8 Å². The van der Waals surface area contributed by atoms with Gasteiger partial charge in [-0.3, -0.25) is 4.79 Å². The van der Waals surface area contributed by atoms with Gasteiger partial charge >= 0.3 is 0 Å². The van der Waals surface area contributed by atoms with E-state index in [-0.39, 0.29) is 5.92 Å². The van der Waals surface area contributed by atoms with Crippen molar-refractivity contribution in [3.05, 3.63) is 53.4 Å². The lowest BCUT2D eigenvalue weighted by Crippen LogP contribution is -2.59. The van der Waals surface area contributed by atoms with Crippen molar-refractivity contribution in [1.82, 2.24) is 9.88 Å². The molecule has 3 aromatic rings. The van der Waals surface area contributed by atoms with Crippen LogP contribution in [-0.4, -0.2) is 27.9 Å².